The number of H-pyrrole nitrogens is 1. The number of carbonyl (C=O) groups is 2. The van der Waals surface area contributed by atoms with Gasteiger partial charge in [0.25, 0.3) is 0 Å². The zero-order valence-corrected chi connectivity index (χ0v) is 24.8. The lowest BCUT2D eigenvalue weighted by atomic mass is 9.95. The predicted octanol–water partition coefficient (Wildman–Crippen LogP) is 4.12. The minimum Gasteiger partial charge on any atom is -0.493 e. The van der Waals surface area contributed by atoms with Gasteiger partial charge in [-0.25, -0.2) is 0 Å². The monoisotopic (exact) mass is 584 g/mol. The first kappa shape index (κ1) is 29.5. The Morgan fingerprint density at radius 2 is 1.79 bits per heavy atom. The summed E-state index contributed by atoms with van der Waals surface area (Å²) in [5.41, 5.74) is 5.22. The smallest absolute Gasteiger partial charge is 0.239 e. The molecule has 0 saturated carbocycles. The molecule has 0 aliphatic heterocycles. The predicted molar refractivity (Wildman–Crippen MR) is 166 cm³/mol. The maximum atomic E-state index is 13.4. The fraction of sp³-hybridized carbons (Fsp3) is 0.303. The van der Waals surface area contributed by atoms with Crippen molar-refractivity contribution in [1.29, 1.82) is 0 Å². The molecule has 10 nitrogen and oxygen atoms in total. The van der Waals surface area contributed by atoms with Crippen molar-refractivity contribution in [3.8, 4) is 28.4 Å². The molecule has 0 spiro atoms. The SMILES string of the molecule is COc1cc2c(c(OC)c1OC)-c1ccc(NCC(=O)NCCc3c[nH]c4ccccc34)c(=O)cc1[C@@H](NC(C)=O)CC2. The number of aryl methyl sites for hydroxylation is 1. The van der Waals surface area contributed by atoms with E-state index in [1.807, 2.05) is 42.6 Å². The molecule has 1 aromatic heterocycles. The largest absolute Gasteiger partial charge is 0.493 e. The van der Waals surface area contributed by atoms with Crippen LogP contribution in [0.15, 0.2) is 59.5 Å². The maximum absolute atomic E-state index is 13.4. The highest BCUT2D eigenvalue weighted by Crippen LogP contribution is 2.50. The molecule has 0 saturated heterocycles. The highest BCUT2D eigenvalue weighted by molar-refractivity contribution is 5.85. The third-order valence-corrected chi connectivity index (χ3v) is 7.75. The number of benzene rings is 2. The van der Waals surface area contributed by atoms with Crippen molar-refractivity contribution in [2.75, 3.05) is 39.7 Å². The summed E-state index contributed by atoms with van der Waals surface area (Å²) < 4.78 is 17.0. The number of aromatic amines is 1. The number of rotatable bonds is 10. The highest BCUT2D eigenvalue weighted by Gasteiger charge is 2.29. The number of ether oxygens (including phenoxy) is 3. The number of hydrogen-bond donors (Lipinski definition) is 4. The molecule has 3 aromatic carbocycles. The van der Waals surface area contributed by atoms with E-state index in [0.29, 0.717) is 48.6 Å². The number of fused-ring (bicyclic) bond motifs is 4. The Morgan fingerprint density at radius 3 is 2.53 bits per heavy atom. The third kappa shape index (κ3) is 6.13. The number of nitrogens with one attached hydrogen (secondary N) is 4. The summed E-state index contributed by atoms with van der Waals surface area (Å²) in [5.74, 6) is 1.01. The average Bonchev–Trinajstić information content (AvgIpc) is 3.27. The number of amides is 2. The molecule has 1 heterocycles. The van der Waals surface area contributed by atoms with Crippen molar-refractivity contribution in [1.82, 2.24) is 15.6 Å². The second-order valence-electron chi connectivity index (χ2n) is 10.4. The quantitative estimate of drug-likeness (QED) is 0.221. The molecular weight excluding hydrogens is 548 g/mol. The van der Waals surface area contributed by atoms with Gasteiger partial charge in [-0.3, -0.25) is 14.4 Å². The Labute approximate surface area is 249 Å². The fourth-order valence-corrected chi connectivity index (χ4v) is 5.77. The van der Waals surface area contributed by atoms with Crippen LogP contribution in [-0.4, -0.2) is 51.2 Å². The topological polar surface area (TPSA) is 131 Å². The molecule has 0 bridgehead atoms. The normalized spacial score (nSPS) is 13.7. The second kappa shape index (κ2) is 12.9. The highest BCUT2D eigenvalue weighted by atomic mass is 16.5. The van der Waals surface area contributed by atoms with Gasteiger partial charge in [0.2, 0.25) is 23.0 Å². The van der Waals surface area contributed by atoms with E-state index in [1.54, 1.807) is 27.4 Å². The molecular formula is C33H36N4O6. The van der Waals surface area contributed by atoms with Gasteiger partial charge in [-0.15, -0.1) is 0 Å². The van der Waals surface area contributed by atoms with Crippen LogP contribution in [0.3, 0.4) is 0 Å². The van der Waals surface area contributed by atoms with E-state index < -0.39 is 6.04 Å². The van der Waals surface area contributed by atoms with Gasteiger partial charge < -0.3 is 35.1 Å². The Kier molecular flexibility index (Phi) is 8.85. The molecule has 43 heavy (non-hydrogen) atoms. The summed E-state index contributed by atoms with van der Waals surface area (Å²) in [6, 6.07) is 14.5. The van der Waals surface area contributed by atoms with E-state index in [2.05, 4.69) is 20.9 Å². The van der Waals surface area contributed by atoms with Crippen LogP contribution < -0.4 is 35.6 Å². The van der Waals surface area contributed by atoms with E-state index in [-0.39, 0.29) is 29.5 Å². The lowest BCUT2D eigenvalue weighted by Gasteiger charge is -2.19. The summed E-state index contributed by atoms with van der Waals surface area (Å²) in [7, 11) is 4.66. The molecule has 5 rings (SSSR count). The maximum Gasteiger partial charge on any atom is 0.239 e. The second-order valence-corrected chi connectivity index (χ2v) is 10.4. The molecule has 2 amide bonds. The molecule has 1 atom stereocenters. The molecule has 1 aliphatic rings. The van der Waals surface area contributed by atoms with Crippen LogP contribution in [0.4, 0.5) is 5.69 Å². The van der Waals surface area contributed by atoms with E-state index >= 15 is 0 Å². The number of methoxy groups -OCH3 is 3. The molecule has 1 aliphatic carbocycles. The van der Waals surface area contributed by atoms with E-state index in [9.17, 15) is 14.4 Å². The standard InChI is InChI=1S/C33H36N4O6/c1-19(38)37-26-11-9-20-15-29(41-2)32(42-3)33(43-4)31(20)23-10-12-27(28(39)16-24(23)26)36-18-30(40)34-14-13-21-17-35-25-8-6-5-7-22(21)25/h5-8,10,12,15-17,26,35H,9,11,13-14,18H2,1-4H3,(H,34,40)(H,36,39)(H,37,38)/t26-/m0/s1. The van der Waals surface area contributed by atoms with Gasteiger partial charge in [0.15, 0.2) is 11.5 Å². The van der Waals surface area contributed by atoms with Crippen LogP contribution in [0, 0.1) is 0 Å². The van der Waals surface area contributed by atoms with Gasteiger partial charge in [0.1, 0.15) is 0 Å². The number of hydrogen-bond acceptors (Lipinski definition) is 7. The molecule has 10 heteroatoms. The summed E-state index contributed by atoms with van der Waals surface area (Å²) in [5, 5.41) is 10.0. The summed E-state index contributed by atoms with van der Waals surface area (Å²) in [6.45, 7) is 1.84. The molecule has 0 radical (unpaired) electrons. The first-order chi connectivity index (χ1) is 20.8. The lowest BCUT2D eigenvalue weighted by Crippen LogP contribution is -2.32. The minimum absolute atomic E-state index is 0.0716. The molecule has 0 unspecified atom stereocenters. The third-order valence-electron chi connectivity index (χ3n) is 7.75. The van der Waals surface area contributed by atoms with Gasteiger partial charge in [-0.05, 0) is 65.8 Å². The minimum atomic E-state index is -0.414. The van der Waals surface area contributed by atoms with Crippen molar-refractivity contribution >= 4 is 28.4 Å². The Bertz CT molecular complexity index is 1730. The fourth-order valence-electron chi connectivity index (χ4n) is 5.77. The summed E-state index contributed by atoms with van der Waals surface area (Å²) in [6.07, 6.45) is 3.80. The first-order valence-corrected chi connectivity index (χ1v) is 14.2. The van der Waals surface area contributed by atoms with Gasteiger partial charge >= 0.3 is 0 Å². The van der Waals surface area contributed by atoms with Crippen LogP contribution in [0.5, 0.6) is 17.2 Å². The van der Waals surface area contributed by atoms with Crippen molar-refractivity contribution in [3.05, 3.63) is 81.6 Å². The summed E-state index contributed by atoms with van der Waals surface area (Å²) in [4.78, 5) is 41.5. The van der Waals surface area contributed by atoms with Gasteiger partial charge in [-0.2, -0.15) is 0 Å². The van der Waals surface area contributed by atoms with Crippen LogP contribution in [-0.2, 0) is 22.4 Å². The van der Waals surface area contributed by atoms with Crippen LogP contribution in [0.1, 0.15) is 36.1 Å². The zero-order chi connectivity index (χ0) is 30.5. The van der Waals surface area contributed by atoms with E-state index in [0.717, 1.165) is 33.2 Å². The number of carbonyl (C=O) groups excluding carboxylic acids is 2. The number of aromatic nitrogens is 1. The van der Waals surface area contributed by atoms with E-state index in [1.165, 1.54) is 13.0 Å². The van der Waals surface area contributed by atoms with E-state index in [4.69, 9.17) is 14.2 Å². The lowest BCUT2D eigenvalue weighted by molar-refractivity contribution is -0.120. The number of para-hydroxylation sites is 1. The van der Waals surface area contributed by atoms with Crippen LogP contribution in [0.2, 0.25) is 0 Å². The van der Waals surface area contributed by atoms with Gasteiger partial charge in [-0.1, -0.05) is 24.3 Å². The summed E-state index contributed by atoms with van der Waals surface area (Å²) >= 11 is 0. The Hall–Kier alpha value is -4.99. The molecule has 0 fully saturated rings. The number of anilines is 1. The first-order valence-electron chi connectivity index (χ1n) is 14.2. The van der Waals surface area contributed by atoms with Crippen LogP contribution >= 0.6 is 0 Å². The van der Waals surface area contributed by atoms with Crippen molar-refractivity contribution in [3.63, 3.8) is 0 Å². The molecule has 4 aromatic rings. The van der Waals surface area contributed by atoms with Crippen molar-refractivity contribution < 1.29 is 23.8 Å². The Morgan fingerprint density at radius 1 is 1.00 bits per heavy atom. The molecule has 4 N–H and O–H groups in total. The average molecular weight is 585 g/mol. The molecule has 224 valence electrons. The van der Waals surface area contributed by atoms with Crippen LogP contribution in [0.25, 0.3) is 22.0 Å². The van der Waals surface area contributed by atoms with Crippen molar-refractivity contribution in [2.24, 2.45) is 0 Å². The Balaban J connectivity index is 1.41. The van der Waals surface area contributed by atoms with Gasteiger partial charge in [0, 0.05) is 36.1 Å². The van der Waals surface area contributed by atoms with Gasteiger partial charge in [0.05, 0.1) is 39.6 Å². The zero-order valence-electron chi connectivity index (χ0n) is 24.8. The van der Waals surface area contributed by atoms with Crippen molar-refractivity contribution in [2.45, 2.75) is 32.2 Å².